The van der Waals surface area contributed by atoms with Gasteiger partial charge in [-0.3, -0.25) is 0 Å². The van der Waals surface area contributed by atoms with E-state index in [2.05, 4.69) is 13.8 Å². The summed E-state index contributed by atoms with van der Waals surface area (Å²) in [4.78, 5) is 13.6. The molecule has 4 heteroatoms. The second kappa shape index (κ2) is 6.74. The lowest BCUT2D eigenvalue weighted by molar-refractivity contribution is 0.0374. The van der Waals surface area contributed by atoms with Crippen LogP contribution in [0.4, 0.5) is 4.79 Å². The molecule has 0 aromatic carbocycles. The highest BCUT2D eigenvalue weighted by molar-refractivity contribution is 5.68. The minimum Gasteiger partial charge on any atom is -0.447 e. The molecular weight excluding hydrogens is 206 g/mol. The number of ether oxygens (including phenoxy) is 2. The first kappa shape index (κ1) is 13.3. The fourth-order valence-corrected chi connectivity index (χ4v) is 2.01. The van der Waals surface area contributed by atoms with Crippen LogP contribution in [0, 0.1) is 5.92 Å². The van der Waals surface area contributed by atoms with Crippen molar-refractivity contribution in [1.82, 2.24) is 4.90 Å². The number of likely N-dealkylation sites (tertiary alicyclic amines) is 1. The number of piperidine rings is 1. The third-order valence-electron chi connectivity index (χ3n) is 3.27. The van der Waals surface area contributed by atoms with Gasteiger partial charge >= 0.3 is 6.09 Å². The van der Waals surface area contributed by atoms with Gasteiger partial charge < -0.3 is 14.4 Å². The van der Waals surface area contributed by atoms with E-state index in [1.54, 1.807) is 0 Å². The van der Waals surface area contributed by atoms with Gasteiger partial charge in [-0.25, -0.2) is 4.79 Å². The van der Waals surface area contributed by atoms with Gasteiger partial charge in [0, 0.05) is 19.2 Å². The predicted octanol–water partition coefficient (Wildman–Crippen LogP) is 2.28. The Morgan fingerprint density at radius 3 is 2.81 bits per heavy atom. The van der Waals surface area contributed by atoms with Crippen molar-refractivity contribution < 1.29 is 14.3 Å². The average Bonchev–Trinajstić information content (AvgIpc) is 2.28. The third-order valence-corrected chi connectivity index (χ3v) is 3.27. The molecule has 1 aliphatic rings. The molecule has 1 fully saturated rings. The van der Waals surface area contributed by atoms with Gasteiger partial charge in [-0.2, -0.15) is 0 Å². The van der Waals surface area contributed by atoms with Crippen LogP contribution in [0.1, 0.15) is 33.6 Å². The van der Waals surface area contributed by atoms with Crippen LogP contribution in [0.2, 0.25) is 0 Å². The van der Waals surface area contributed by atoms with E-state index in [1.807, 2.05) is 11.8 Å². The molecule has 94 valence electrons. The van der Waals surface area contributed by atoms with Crippen molar-refractivity contribution in [2.24, 2.45) is 5.92 Å². The SMILES string of the molecule is CCOCCOC(=O)N1CCCC(C)C1C. The van der Waals surface area contributed by atoms with Gasteiger partial charge in [0.05, 0.1) is 6.61 Å². The van der Waals surface area contributed by atoms with E-state index in [1.165, 1.54) is 6.42 Å². The fraction of sp³-hybridized carbons (Fsp3) is 0.917. The molecule has 2 unspecified atom stereocenters. The molecule has 0 bridgehead atoms. The summed E-state index contributed by atoms with van der Waals surface area (Å²) in [6.45, 7) is 8.52. The average molecular weight is 229 g/mol. The van der Waals surface area contributed by atoms with Crippen LogP contribution < -0.4 is 0 Å². The molecule has 1 heterocycles. The Balaban J connectivity index is 2.29. The predicted molar refractivity (Wildman–Crippen MR) is 62.4 cm³/mol. The van der Waals surface area contributed by atoms with Crippen molar-refractivity contribution in [2.45, 2.75) is 39.7 Å². The van der Waals surface area contributed by atoms with Crippen LogP contribution in [-0.2, 0) is 9.47 Å². The van der Waals surface area contributed by atoms with E-state index >= 15 is 0 Å². The number of nitrogens with zero attached hydrogens (tertiary/aromatic N) is 1. The maximum absolute atomic E-state index is 11.8. The first-order chi connectivity index (χ1) is 7.66. The van der Waals surface area contributed by atoms with Gasteiger partial charge in [-0.15, -0.1) is 0 Å². The second-order valence-electron chi connectivity index (χ2n) is 4.36. The summed E-state index contributed by atoms with van der Waals surface area (Å²) in [5.74, 6) is 0.563. The Hall–Kier alpha value is -0.770. The van der Waals surface area contributed by atoms with Gasteiger partial charge in [-0.05, 0) is 32.6 Å². The Morgan fingerprint density at radius 2 is 2.12 bits per heavy atom. The minimum absolute atomic E-state index is 0.196. The zero-order chi connectivity index (χ0) is 12.0. The molecule has 16 heavy (non-hydrogen) atoms. The molecule has 2 atom stereocenters. The molecule has 0 radical (unpaired) electrons. The summed E-state index contributed by atoms with van der Waals surface area (Å²) >= 11 is 0. The first-order valence-corrected chi connectivity index (χ1v) is 6.18. The lowest BCUT2D eigenvalue weighted by Gasteiger charge is -2.36. The molecule has 4 nitrogen and oxygen atoms in total. The zero-order valence-corrected chi connectivity index (χ0v) is 10.6. The van der Waals surface area contributed by atoms with Crippen LogP contribution in [0.3, 0.4) is 0 Å². The summed E-state index contributed by atoms with van der Waals surface area (Å²) in [6.07, 6.45) is 2.08. The van der Waals surface area contributed by atoms with Crippen molar-refractivity contribution in [3.8, 4) is 0 Å². The van der Waals surface area contributed by atoms with Crippen molar-refractivity contribution in [2.75, 3.05) is 26.4 Å². The van der Waals surface area contributed by atoms with Crippen LogP contribution in [0.5, 0.6) is 0 Å². The van der Waals surface area contributed by atoms with Gasteiger partial charge in [-0.1, -0.05) is 6.92 Å². The van der Waals surface area contributed by atoms with Crippen molar-refractivity contribution in [1.29, 1.82) is 0 Å². The summed E-state index contributed by atoms with van der Waals surface area (Å²) in [5.41, 5.74) is 0. The lowest BCUT2D eigenvalue weighted by atomic mass is 9.92. The number of hydrogen-bond donors (Lipinski definition) is 0. The normalized spacial score (nSPS) is 25.6. The van der Waals surface area contributed by atoms with E-state index in [4.69, 9.17) is 9.47 Å². The molecule has 0 spiro atoms. The van der Waals surface area contributed by atoms with Gasteiger partial charge in [0.15, 0.2) is 0 Å². The Morgan fingerprint density at radius 1 is 1.38 bits per heavy atom. The molecule has 0 aromatic rings. The molecule has 1 amide bonds. The standard InChI is InChI=1S/C12H23NO3/c1-4-15-8-9-16-12(14)13-7-5-6-10(2)11(13)3/h10-11H,4-9H2,1-3H3. The van der Waals surface area contributed by atoms with Crippen molar-refractivity contribution in [3.63, 3.8) is 0 Å². The first-order valence-electron chi connectivity index (χ1n) is 6.18. The van der Waals surface area contributed by atoms with Crippen LogP contribution in [-0.4, -0.2) is 43.4 Å². The monoisotopic (exact) mass is 229 g/mol. The second-order valence-corrected chi connectivity index (χ2v) is 4.36. The number of rotatable bonds is 4. The summed E-state index contributed by atoms with van der Waals surface area (Å²) in [7, 11) is 0. The molecule has 0 aliphatic carbocycles. The molecule has 0 N–H and O–H groups in total. The largest absolute Gasteiger partial charge is 0.447 e. The molecular formula is C12H23NO3. The molecule has 1 saturated heterocycles. The van der Waals surface area contributed by atoms with E-state index in [0.29, 0.717) is 25.7 Å². The maximum atomic E-state index is 11.8. The van der Waals surface area contributed by atoms with Crippen molar-refractivity contribution in [3.05, 3.63) is 0 Å². The summed E-state index contributed by atoms with van der Waals surface area (Å²) < 4.78 is 10.3. The van der Waals surface area contributed by atoms with E-state index in [0.717, 1.165) is 13.0 Å². The topological polar surface area (TPSA) is 38.8 Å². The summed E-state index contributed by atoms with van der Waals surface area (Å²) in [6, 6.07) is 0.286. The quantitative estimate of drug-likeness (QED) is 0.694. The number of hydrogen-bond acceptors (Lipinski definition) is 3. The van der Waals surface area contributed by atoms with Crippen LogP contribution >= 0.6 is 0 Å². The Labute approximate surface area is 97.9 Å². The van der Waals surface area contributed by atoms with Gasteiger partial charge in [0.2, 0.25) is 0 Å². The van der Waals surface area contributed by atoms with Crippen LogP contribution in [0.25, 0.3) is 0 Å². The van der Waals surface area contributed by atoms with Gasteiger partial charge in [0.25, 0.3) is 0 Å². The number of carbonyl (C=O) groups excluding carboxylic acids is 1. The Kier molecular flexibility index (Phi) is 5.60. The maximum Gasteiger partial charge on any atom is 0.410 e. The smallest absolute Gasteiger partial charge is 0.410 e. The highest BCUT2D eigenvalue weighted by atomic mass is 16.6. The molecule has 0 saturated carbocycles. The van der Waals surface area contributed by atoms with E-state index in [9.17, 15) is 4.79 Å². The molecule has 0 aromatic heterocycles. The highest BCUT2D eigenvalue weighted by Gasteiger charge is 2.29. The van der Waals surface area contributed by atoms with E-state index < -0.39 is 0 Å². The van der Waals surface area contributed by atoms with Crippen LogP contribution in [0.15, 0.2) is 0 Å². The zero-order valence-electron chi connectivity index (χ0n) is 10.6. The van der Waals surface area contributed by atoms with E-state index in [-0.39, 0.29) is 12.1 Å². The Bertz CT molecular complexity index is 220. The van der Waals surface area contributed by atoms with Crippen molar-refractivity contribution >= 4 is 6.09 Å². The highest BCUT2D eigenvalue weighted by Crippen LogP contribution is 2.23. The molecule has 1 rings (SSSR count). The molecule has 1 aliphatic heterocycles. The summed E-state index contributed by atoms with van der Waals surface area (Å²) in [5, 5.41) is 0. The number of carbonyl (C=O) groups is 1. The number of amides is 1. The fourth-order valence-electron chi connectivity index (χ4n) is 2.01. The minimum atomic E-state index is -0.196. The van der Waals surface area contributed by atoms with Gasteiger partial charge in [0.1, 0.15) is 6.61 Å². The lowest BCUT2D eigenvalue weighted by Crippen LogP contribution is -2.46. The third kappa shape index (κ3) is 3.67.